The van der Waals surface area contributed by atoms with Crippen molar-refractivity contribution >= 4 is 23.1 Å². The van der Waals surface area contributed by atoms with E-state index in [1.165, 1.54) is 12.1 Å². The Morgan fingerprint density at radius 1 is 1.18 bits per heavy atom. The van der Waals surface area contributed by atoms with E-state index in [1.807, 2.05) is 0 Å². The van der Waals surface area contributed by atoms with Gasteiger partial charge in [-0.15, -0.1) is 0 Å². The van der Waals surface area contributed by atoms with Gasteiger partial charge in [0.05, 0.1) is 17.6 Å². The molecule has 1 heterocycles. The molecule has 2 aliphatic rings. The van der Waals surface area contributed by atoms with Gasteiger partial charge in [0, 0.05) is 11.4 Å². The molecule has 112 valence electrons. The lowest BCUT2D eigenvalue weighted by Gasteiger charge is -2.32. The molecule has 3 nitrogen and oxygen atoms in total. The SMILES string of the molecule is O=C1C[C@H]2Oc3ccc(Cl)cc3N[C@H]2[C@@H]1c1ccc(F)cc1. The van der Waals surface area contributed by atoms with Crippen molar-refractivity contribution in [3.8, 4) is 5.75 Å². The highest BCUT2D eigenvalue weighted by Crippen LogP contribution is 2.43. The topological polar surface area (TPSA) is 38.3 Å². The van der Waals surface area contributed by atoms with Gasteiger partial charge in [-0.3, -0.25) is 4.79 Å². The molecule has 1 saturated carbocycles. The predicted molar refractivity (Wildman–Crippen MR) is 82.0 cm³/mol. The summed E-state index contributed by atoms with van der Waals surface area (Å²) in [5.74, 6) is 0.166. The van der Waals surface area contributed by atoms with Gasteiger partial charge in [-0.2, -0.15) is 0 Å². The monoisotopic (exact) mass is 317 g/mol. The summed E-state index contributed by atoms with van der Waals surface area (Å²) >= 11 is 6.01. The van der Waals surface area contributed by atoms with Crippen molar-refractivity contribution in [1.29, 1.82) is 0 Å². The molecule has 22 heavy (non-hydrogen) atoms. The first-order valence-corrected chi connectivity index (χ1v) is 7.50. The molecule has 0 aromatic heterocycles. The summed E-state index contributed by atoms with van der Waals surface area (Å²) in [5.41, 5.74) is 1.59. The third kappa shape index (κ3) is 2.15. The van der Waals surface area contributed by atoms with Gasteiger partial charge in [-0.25, -0.2) is 4.39 Å². The van der Waals surface area contributed by atoms with E-state index in [4.69, 9.17) is 16.3 Å². The average molecular weight is 318 g/mol. The molecule has 1 aliphatic carbocycles. The van der Waals surface area contributed by atoms with Crippen LogP contribution in [0.4, 0.5) is 10.1 Å². The number of carbonyl (C=O) groups excluding carboxylic acids is 1. The fraction of sp³-hybridized carbons (Fsp3) is 0.235. The van der Waals surface area contributed by atoms with E-state index >= 15 is 0 Å². The van der Waals surface area contributed by atoms with Gasteiger partial charge in [0.2, 0.25) is 0 Å². The lowest BCUT2D eigenvalue weighted by molar-refractivity contribution is -0.119. The zero-order valence-electron chi connectivity index (χ0n) is 11.6. The lowest BCUT2D eigenvalue weighted by Crippen LogP contribution is -2.40. The van der Waals surface area contributed by atoms with Crippen LogP contribution in [-0.4, -0.2) is 17.9 Å². The molecule has 1 fully saturated rings. The Morgan fingerprint density at radius 3 is 2.73 bits per heavy atom. The third-order valence-corrected chi connectivity index (χ3v) is 4.52. The Bertz CT molecular complexity index is 747. The van der Waals surface area contributed by atoms with Crippen molar-refractivity contribution in [2.75, 3.05) is 5.32 Å². The number of fused-ring (bicyclic) bond motifs is 2. The average Bonchev–Trinajstić information content (AvgIpc) is 2.81. The number of hydrogen-bond donors (Lipinski definition) is 1. The number of rotatable bonds is 1. The van der Waals surface area contributed by atoms with Crippen LogP contribution in [0.5, 0.6) is 5.75 Å². The molecule has 0 radical (unpaired) electrons. The standard InChI is InChI=1S/C17H13ClFNO2/c18-10-3-6-14-12(7-10)20-17-15(22-14)8-13(21)16(17)9-1-4-11(19)5-2-9/h1-7,15-17,20H,8H2/t15-,16-,17-/m1/s1. The summed E-state index contributed by atoms with van der Waals surface area (Å²) in [6, 6.07) is 11.3. The fourth-order valence-corrected chi connectivity index (χ4v) is 3.45. The molecule has 0 unspecified atom stereocenters. The van der Waals surface area contributed by atoms with E-state index in [0.717, 1.165) is 11.3 Å². The normalized spacial score (nSPS) is 25.9. The number of carbonyl (C=O) groups is 1. The second kappa shape index (κ2) is 4.99. The van der Waals surface area contributed by atoms with Crippen molar-refractivity contribution in [2.24, 2.45) is 0 Å². The van der Waals surface area contributed by atoms with Gasteiger partial charge >= 0.3 is 0 Å². The number of hydrogen-bond acceptors (Lipinski definition) is 3. The number of anilines is 1. The van der Waals surface area contributed by atoms with Crippen LogP contribution in [0.3, 0.4) is 0 Å². The maximum absolute atomic E-state index is 13.1. The van der Waals surface area contributed by atoms with Crippen LogP contribution in [0.25, 0.3) is 0 Å². The summed E-state index contributed by atoms with van der Waals surface area (Å²) in [6.45, 7) is 0. The van der Waals surface area contributed by atoms with E-state index < -0.39 is 0 Å². The Balaban J connectivity index is 1.70. The van der Waals surface area contributed by atoms with Crippen LogP contribution in [0.1, 0.15) is 17.9 Å². The van der Waals surface area contributed by atoms with E-state index in [-0.39, 0.29) is 29.7 Å². The van der Waals surface area contributed by atoms with Gasteiger partial charge in [-0.1, -0.05) is 23.7 Å². The Morgan fingerprint density at radius 2 is 1.95 bits per heavy atom. The smallest absolute Gasteiger partial charge is 0.146 e. The Hall–Kier alpha value is -2.07. The number of benzene rings is 2. The summed E-state index contributed by atoms with van der Waals surface area (Å²) in [4.78, 5) is 12.4. The van der Waals surface area contributed by atoms with Crippen molar-refractivity contribution < 1.29 is 13.9 Å². The molecule has 2 aromatic rings. The molecule has 1 aliphatic heterocycles. The van der Waals surface area contributed by atoms with Crippen LogP contribution < -0.4 is 10.1 Å². The van der Waals surface area contributed by atoms with Crippen molar-refractivity contribution in [2.45, 2.75) is 24.5 Å². The second-order valence-electron chi connectivity index (χ2n) is 5.67. The number of halogens is 2. The summed E-state index contributed by atoms with van der Waals surface area (Å²) in [6.07, 6.45) is 0.137. The largest absolute Gasteiger partial charge is 0.486 e. The number of ketones is 1. The number of ether oxygens (including phenoxy) is 1. The first kappa shape index (κ1) is 13.6. The zero-order valence-corrected chi connectivity index (χ0v) is 12.3. The van der Waals surface area contributed by atoms with E-state index in [9.17, 15) is 9.18 Å². The van der Waals surface area contributed by atoms with E-state index in [1.54, 1.807) is 30.3 Å². The summed E-state index contributed by atoms with van der Waals surface area (Å²) in [5, 5.41) is 3.98. The number of nitrogens with one attached hydrogen (secondary N) is 1. The second-order valence-corrected chi connectivity index (χ2v) is 6.10. The van der Waals surface area contributed by atoms with Gasteiger partial charge in [0.1, 0.15) is 23.5 Å². The molecule has 4 rings (SSSR count). The first-order valence-electron chi connectivity index (χ1n) is 7.13. The molecule has 1 N–H and O–H groups in total. The molecule has 5 heteroatoms. The maximum Gasteiger partial charge on any atom is 0.146 e. The van der Waals surface area contributed by atoms with Crippen molar-refractivity contribution in [3.05, 3.63) is 58.9 Å². The van der Waals surface area contributed by atoms with Crippen molar-refractivity contribution in [1.82, 2.24) is 0 Å². The molecular formula is C17H13ClFNO2. The van der Waals surface area contributed by atoms with Crippen LogP contribution >= 0.6 is 11.6 Å². The quantitative estimate of drug-likeness (QED) is 0.870. The Kier molecular flexibility index (Phi) is 3.08. The lowest BCUT2D eigenvalue weighted by atomic mass is 9.92. The van der Waals surface area contributed by atoms with Gasteiger partial charge in [0.15, 0.2) is 0 Å². The molecular weight excluding hydrogens is 305 g/mol. The highest BCUT2D eigenvalue weighted by atomic mass is 35.5. The number of Topliss-reactive ketones (excluding diaryl/α,β-unsaturated/α-hetero) is 1. The molecule has 2 aromatic carbocycles. The predicted octanol–water partition coefficient (Wildman–Crippen LogP) is 3.78. The molecule has 0 bridgehead atoms. The Labute approximate surface area is 132 Å². The molecule has 0 saturated heterocycles. The van der Waals surface area contributed by atoms with Crippen LogP contribution in [0.15, 0.2) is 42.5 Å². The van der Waals surface area contributed by atoms with Crippen molar-refractivity contribution in [3.63, 3.8) is 0 Å². The van der Waals surface area contributed by atoms with Gasteiger partial charge in [0.25, 0.3) is 0 Å². The summed E-state index contributed by atoms with van der Waals surface area (Å²) in [7, 11) is 0. The minimum Gasteiger partial charge on any atom is -0.486 e. The van der Waals surface area contributed by atoms with Gasteiger partial charge in [-0.05, 0) is 35.9 Å². The highest BCUT2D eigenvalue weighted by Gasteiger charge is 2.47. The minimum atomic E-state index is -0.335. The van der Waals surface area contributed by atoms with E-state index in [2.05, 4.69) is 5.32 Å². The van der Waals surface area contributed by atoms with Crippen LogP contribution in [0.2, 0.25) is 5.02 Å². The third-order valence-electron chi connectivity index (χ3n) is 4.28. The van der Waals surface area contributed by atoms with Crippen LogP contribution in [-0.2, 0) is 4.79 Å². The van der Waals surface area contributed by atoms with E-state index in [0.29, 0.717) is 17.2 Å². The summed E-state index contributed by atoms with van der Waals surface area (Å²) < 4.78 is 19.0. The fourth-order valence-electron chi connectivity index (χ4n) is 3.28. The molecule has 3 atom stereocenters. The first-order chi connectivity index (χ1) is 10.6. The molecule has 0 amide bonds. The maximum atomic E-state index is 13.1. The highest BCUT2D eigenvalue weighted by molar-refractivity contribution is 6.31. The van der Waals surface area contributed by atoms with Crippen LogP contribution in [0, 0.1) is 5.82 Å². The molecule has 0 spiro atoms. The zero-order chi connectivity index (χ0) is 15.3. The van der Waals surface area contributed by atoms with Gasteiger partial charge < -0.3 is 10.1 Å². The minimum absolute atomic E-state index is 0.105.